The molecule has 4 nitrogen and oxygen atoms in total. The van der Waals surface area contributed by atoms with Crippen LogP contribution in [0.3, 0.4) is 0 Å². The van der Waals surface area contributed by atoms with E-state index in [9.17, 15) is 0 Å². The molecule has 0 aromatic carbocycles. The van der Waals surface area contributed by atoms with E-state index >= 15 is 0 Å². The van der Waals surface area contributed by atoms with Gasteiger partial charge in [-0.25, -0.2) is 5.41 Å². The van der Waals surface area contributed by atoms with Crippen molar-refractivity contribution in [3.63, 3.8) is 0 Å². The minimum atomic E-state index is -2.17. The molecule has 0 bridgehead atoms. The van der Waals surface area contributed by atoms with Gasteiger partial charge in [-0.05, 0) is 12.2 Å². The number of hydrogen-bond acceptors (Lipinski definition) is 5. The Morgan fingerprint density at radius 1 is 1.18 bits per heavy atom. The quantitative estimate of drug-likeness (QED) is 0.417. The summed E-state index contributed by atoms with van der Waals surface area (Å²) >= 11 is 3.81. The number of rotatable bonds is 3. The van der Waals surface area contributed by atoms with E-state index in [1.165, 1.54) is 0 Å². The smallest absolute Gasteiger partial charge is 0.377 e. The molecular formula is C5H13NO3SSi. The summed E-state index contributed by atoms with van der Waals surface area (Å²) in [4.78, 5) is 0. The van der Waals surface area contributed by atoms with Crippen molar-refractivity contribution >= 4 is 26.2 Å². The van der Waals surface area contributed by atoms with Crippen molar-refractivity contribution in [2.75, 3.05) is 21.3 Å². The highest BCUT2D eigenvalue weighted by Crippen LogP contribution is 2.02. The first-order chi connectivity index (χ1) is 5.10. The zero-order chi connectivity index (χ0) is 9.33. The Bertz CT molecular complexity index is 115. The van der Waals surface area contributed by atoms with E-state index in [0.717, 1.165) is 0 Å². The van der Waals surface area contributed by atoms with Crippen LogP contribution in [-0.4, -0.2) is 35.3 Å². The standard InChI is InChI=1S/C4H12O3Si.CHNS/c1-5-8(4,6-2)7-3;2-1-3/h1-4H3;2H. The first-order valence-electron chi connectivity index (χ1n) is 2.79. The lowest BCUT2D eigenvalue weighted by Gasteiger charge is -2.18. The van der Waals surface area contributed by atoms with Crippen LogP contribution in [0.2, 0.25) is 6.55 Å². The van der Waals surface area contributed by atoms with Crippen LogP contribution in [0.5, 0.6) is 0 Å². The molecule has 6 heteroatoms. The summed E-state index contributed by atoms with van der Waals surface area (Å²) in [5, 5.41) is 7.36. The van der Waals surface area contributed by atoms with E-state index in [2.05, 4.69) is 12.2 Å². The largest absolute Gasteiger partial charge is 0.496 e. The van der Waals surface area contributed by atoms with Crippen LogP contribution in [0.15, 0.2) is 0 Å². The average Bonchev–Trinajstić information content (AvgIpc) is 2.05. The minimum Gasteiger partial charge on any atom is -0.377 e. The molecular weight excluding hydrogens is 182 g/mol. The highest BCUT2D eigenvalue weighted by atomic mass is 32.1. The summed E-state index contributed by atoms with van der Waals surface area (Å²) in [6.07, 6.45) is 0. The highest BCUT2D eigenvalue weighted by Gasteiger charge is 2.29. The summed E-state index contributed by atoms with van der Waals surface area (Å²) in [5.41, 5.74) is 0. The monoisotopic (exact) mass is 195 g/mol. The van der Waals surface area contributed by atoms with Crippen molar-refractivity contribution in [1.82, 2.24) is 0 Å². The van der Waals surface area contributed by atoms with Gasteiger partial charge >= 0.3 is 8.80 Å². The molecule has 0 heterocycles. The second-order valence-electron chi connectivity index (χ2n) is 1.58. The van der Waals surface area contributed by atoms with Crippen LogP contribution in [0, 0.1) is 5.41 Å². The number of nitrogens with one attached hydrogen (secondary N) is 1. The van der Waals surface area contributed by atoms with Gasteiger partial charge in [0.05, 0.1) is 5.16 Å². The van der Waals surface area contributed by atoms with Gasteiger partial charge in [0.1, 0.15) is 0 Å². The third-order valence-electron chi connectivity index (χ3n) is 1.11. The molecule has 0 spiro atoms. The lowest BCUT2D eigenvalue weighted by Crippen LogP contribution is -2.38. The van der Waals surface area contributed by atoms with Gasteiger partial charge in [-0.2, -0.15) is 0 Å². The van der Waals surface area contributed by atoms with Crippen LogP contribution in [0.25, 0.3) is 0 Å². The van der Waals surface area contributed by atoms with Gasteiger partial charge in [-0.15, -0.1) is 0 Å². The predicted molar refractivity (Wildman–Crippen MR) is 48.0 cm³/mol. The van der Waals surface area contributed by atoms with Gasteiger partial charge in [-0.1, -0.05) is 0 Å². The topological polar surface area (TPSA) is 51.5 Å². The second-order valence-corrected chi connectivity index (χ2v) is 4.73. The Morgan fingerprint density at radius 2 is 1.36 bits per heavy atom. The predicted octanol–water partition coefficient (Wildman–Crippen LogP) is 1.16. The van der Waals surface area contributed by atoms with Gasteiger partial charge in [0.25, 0.3) is 0 Å². The van der Waals surface area contributed by atoms with E-state index in [1.54, 1.807) is 26.5 Å². The van der Waals surface area contributed by atoms with Crippen molar-refractivity contribution in [2.45, 2.75) is 6.55 Å². The summed E-state index contributed by atoms with van der Waals surface area (Å²) in [7, 11) is 2.58. The normalized spacial score (nSPS) is 9.45. The molecule has 0 atom stereocenters. The van der Waals surface area contributed by atoms with Gasteiger partial charge < -0.3 is 13.3 Å². The molecule has 0 aromatic heterocycles. The zero-order valence-corrected chi connectivity index (χ0v) is 8.95. The molecule has 0 unspecified atom stereocenters. The van der Waals surface area contributed by atoms with E-state index < -0.39 is 8.80 Å². The first-order valence-corrected chi connectivity index (χ1v) is 5.42. The first kappa shape index (κ1) is 13.5. The number of hydrogen-bond donors (Lipinski definition) is 1. The highest BCUT2D eigenvalue weighted by molar-refractivity contribution is 7.78. The molecule has 66 valence electrons. The van der Waals surface area contributed by atoms with E-state index in [0.29, 0.717) is 0 Å². The second kappa shape index (κ2) is 8.00. The SMILES string of the molecule is CO[Si](C)(OC)OC.N=C=S. The Labute approximate surface area is 73.3 Å². The molecule has 0 rings (SSSR count). The third kappa shape index (κ3) is 7.80. The molecule has 0 aliphatic carbocycles. The molecule has 0 amide bonds. The molecule has 0 aliphatic heterocycles. The molecule has 0 aliphatic rings. The lowest BCUT2D eigenvalue weighted by molar-refractivity contribution is 0.132. The van der Waals surface area contributed by atoms with Crippen molar-refractivity contribution in [3.8, 4) is 0 Å². The minimum absolute atomic E-state index is 1.58. The van der Waals surface area contributed by atoms with Crippen LogP contribution >= 0.6 is 12.2 Å². The Morgan fingerprint density at radius 3 is 1.36 bits per heavy atom. The summed E-state index contributed by atoms with van der Waals surface area (Å²) in [6.45, 7) is 1.83. The maximum atomic E-state index is 5.77. The lowest BCUT2D eigenvalue weighted by atomic mass is 11.8. The van der Waals surface area contributed by atoms with Gasteiger partial charge in [-0.3, -0.25) is 0 Å². The average molecular weight is 195 g/mol. The fourth-order valence-electron chi connectivity index (χ4n) is 0.250. The maximum absolute atomic E-state index is 5.77. The van der Waals surface area contributed by atoms with E-state index in [4.69, 9.17) is 18.7 Å². The van der Waals surface area contributed by atoms with Crippen LogP contribution in [-0.2, 0) is 13.3 Å². The number of isothiocyanates is 1. The fraction of sp³-hybridized carbons (Fsp3) is 0.800. The summed E-state index contributed by atoms with van der Waals surface area (Å²) in [6, 6.07) is 0. The van der Waals surface area contributed by atoms with Crippen LogP contribution < -0.4 is 0 Å². The molecule has 0 fully saturated rings. The van der Waals surface area contributed by atoms with Gasteiger partial charge in [0.15, 0.2) is 0 Å². The third-order valence-corrected chi connectivity index (χ3v) is 3.34. The van der Waals surface area contributed by atoms with Gasteiger partial charge in [0.2, 0.25) is 0 Å². The van der Waals surface area contributed by atoms with Gasteiger partial charge in [0, 0.05) is 27.9 Å². The summed E-state index contributed by atoms with van der Waals surface area (Å²) < 4.78 is 14.8. The molecule has 0 aromatic rings. The Kier molecular flexibility index (Phi) is 9.80. The van der Waals surface area contributed by atoms with Crippen molar-refractivity contribution < 1.29 is 13.3 Å². The van der Waals surface area contributed by atoms with Crippen molar-refractivity contribution in [3.05, 3.63) is 0 Å². The van der Waals surface area contributed by atoms with Crippen LogP contribution in [0.1, 0.15) is 0 Å². The van der Waals surface area contributed by atoms with Crippen LogP contribution in [0.4, 0.5) is 0 Å². The van der Waals surface area contributed by atoms with E-state index in [1.807, 2.05) is 6.55 Å². The maximum Gasteiger partial charge on any atom is 0.496 e. The Hall–Kier alpha value is -0.103. The molecule has 1 N–H and O–H groups in total. The molecule has 0 saturated heterocycles. The molecule has 0 saturated carbocycles. The number of thiocarbonyl (C=S) groups is 1. The Balaban J connectivity index is 0. The summed E-state index contributed by atoms with van der Waals surface area (Å²) in [5.74, 6) is 0. The fourth-order valence-corrected chi connectivity index (χ4v) is 0.750. The van der Waals surface area contributed by atoms with E-state index in [-0.39, 0.29) is 0 Å². The zero-order valence-electron chi connectivity index (χ0n) is 7.13. The molecule has 0 radical (unpaired) electrons. The van der Waals surface area contributed by atoms with Crippen molar-refractivity contribution in [1.29, 1.82) is 5.41 Å². The van der Waals surface area contributed by atoms with Crippen molar-refractivity contribution in [2.24, 2.45) is 0 Å². The molecule has 11 heavy (non-hydrogen) atoms.